The number of hydrogen-bond acceptors (Lipinski definition) is 16. The second kappa shape index (κ2) is 37.6. The molecule has 1 aliphatic rings. The summed E-state index contributed by atoms with van der Waals surface area (Å²) < 4.78 is 41.4. The summed E-state index contributed by atoms with van der Waals surface area (Å²) in [6, 6.07) is 25.1. The van der Waals surface area contributed by atoms with Crippen LogP contribution >= 0.6 is 0 Å². The number of rotatable bonds is 28. The summed E-state index contributed by atoms with van der Waals surface area (Å²) in [5.74, 6) is -3.49. The van der Waals surface area contributed by atoms with Crippen LogP contribution in [-0.4, -0.2) is 157 Å². The van der Waals surface area contributed by atoms with Crippen LogP contribution in [0, 0.1) is 0 Å². The van der Waals surface area contributed by atoms with E-state index in [4.69, 9.17) is 43.4 Å². The minimum absolute atomic E-state index is 0.0340. The lowest BCUT2D eigenvalue weighted by Gasteiger charge is -2.11. The molecule has 0 saturated carbocycles. The maximum Gasteiger partial charge on any atom is 0.407 e. The quantitative estimate of drug-likeness (QED) is 0.0138. The van der Waals surface area contributed by atoms with E-state index in [1.54, 1.807) is 0 Å². The van der Waals surface area contributed by atoms with Gasteiger partial charge < -0.3 is 80.0 Å². The first-order valence-corrected chi connectivity index (χ1v) is 24.4. The van der Waals surface area contributed by atoms with Gasteiger partial charge in [-0.25, -0.2) is 33.6 Å². The molecule has 1 atom stereocenters. The molecule has 1 heterocycles. The van der Waals surface area contributed by atoms with Crippen molar-refractivity contribution in [1.29, 1.82) is 0 Å². The standard InChI is InChI=1S/C25H31N3O8.C23H27N3O9.C5H10O/c1-18(29)20-14-21(23(30)33-2)16-22(15-20)28-24(31)26-8-10-34-12-13-35-11-9-27-25(32)36-17-19-6-4-3-5-7-19;27-20(28)17-12-18(21(29)30)14-19(13-17)26-22(31)24-6-8-33-10-11-34-9-7-25-23(32)35-15-16-4-2-1-3-5-16;1-5-3-2-4-6-5/h3-7,14-16H,8-13,17H2,1-2H3,(H,27,32)(H2,26,28,31);1-5,12-14H,6-11,15H2,(H,25,32)(H,27,28)(H,29,30)(H2,24,26,31);5H,2-4H2,1H3. The molecule has 5 rings (SSSR count). The number of aromatic carboxylic acids is 2. The first kappa shape index (κ1) is 63.1. The number of urea groups is 2. The van der Waals surface area contributed by atoms with Crippen molar-refractivity contribution >= 4 is 59.3 Å². The fourth-order valence-corrected chi connectivity index (χ4v) is 6.29. The average molecular weight is 1080 g/mol. The highest BCUT2D eigenvalue weighted by molar-refractivity contribution is 6.01. The SMILES string of the molecule is CC1CCCO1.COC(=O)c1cc(NC(=O)NCCOCCOCCNC(=O)OCc2ccccc2)cc(C(C)=O)c1.O=C(NCCOCCOCCNC(=O)OCc1ccccc1)Nc1cc(C(=O)O)cc(C(=O)O)c1. The van der Waals surface area contributed by atoms with E-state index in [-0.39, 0.29) is 105 Å². The van der Waals surface area contributed by atoms with Crippen LogP contribution in [-0.2, 0) is 51.1 Å². The number of carboxylic acid groups (broad SMARTS) is 2. The van der Waals surface area contributed by atoms with Crippen molar-refractivity contribution in [1.82, 2.24) is 21.3 Å². The van der Waals surface area contributed by atoms with Crippen molar-refractivity contribution in [3.8, 4) is 0 Å². The number of esters is 1. The largest absolute Gasteiger partial charge is 0.478 e. The van der Waals surface area contributed by atoms with Crippen LogP contribution < -0.4 is 31.9 Å². The van der Waals surface area contributed by atoms with Crippen LogP contribution in [0.3, 0.4) is 0 Å². The van der Waals surface area contributed by atoms with Crippen molar-refractivity contribution in [2.24, 2.45) is 0 Å². The van der Waals surface area contributed by atoms with Crippen molar-refractivity contribution < 1.29 is 86.5 Å². The van der Waals surface area contributed by atoms with Crippen LogP contribution in [0.15, 0.2) is 97.1 Å². The summed E-state index contributed by atoms with van der Waals surface area (Å²) >= 11 is 0. The number of carbonyl (C=O) groups is 8. The van der Waals surface area contributed by atoms with Crippen molar-refractivity contribution in [2.45, 2.75) is 46.0 Å². The van der Waals surface area contributed by atoms with E-state index in [9.17, 15) is 38.4 Å². The third-order valence-corrected chi connectivity index (χ3v) is 10.1. The summed E-state index contributed by atoms with van der Waals surface area (Å²) in [6.45, 7) is 8.03. The van der Waals surface area contributed by atoms with Gasteiger partial charge in [-0.1, -0.05) is 60.7 Å². The molecule has 418 valence electrons. The van der Waals surface area contributed by atoms with E-state index >= 15 is 0 Å². The van der Waals surface area contributed by atoms with Crippen LogP contribution in [0.5, 0.6) is 0 Å². The van der Waals surface area contributed by atoms with E-state index in [1.165, 1.54) is 45.1 Å². The highest BCUT2D eigenvalue weighted by Gasteiger charge is 2.15. The zero-order valence-electron chi connectivity index (χ0n) is 43.3. The van der Waals surface area contributed by atoms with E-state index in [1.807, 2.05) is 60.7 Å². The topological polar surface area (TPSA) is 323 Å². The van der Waals surface area contributed by atoms with Gasteiger partial charge in [-0.2, -0.15) is 0 Å². The number of ketones is 1. The summed E-state index contributed by atoms with van der Waals surface area (Å²) in [5.41, 5.74) is 2.02. The Morgan fingerprint density at radius 2 is 0.922 bits per heavy atom. The number of hydrogen-bond donors (Lipinski definition) is 8. The molecule has 4 aromatic carbocycles. The maximum atomic E-state index is 12.1. The Hall–Kier alpha value is -8.16. The van der Waals surface area contributed by atoms with Gasteiger partial charge in [0.05, 0.1) is 82.8 Å². The molecule has 0 radical (unpaired) electrons. The van der Waals surface area contributed by atoms with Crippen LogP contribution in [0.2, 0.25) is 0 Å². The molecule has 0 spiro atoms. The Labute approximate surface area is 445 Å². The Morgan fingerprint density at radius 3 is 1.27 bits per heavy atom. The molecule has 6 amide bonds. The van der Waals surface area contributed by atoms with Gasteiger partial charge in [-0.3, -0.25) is 4.79 Å². The number of carboxylic acids is 2. The molecule has 0 bridgehead atoms. The van der Waals surface area contributed by atoms with Crippen LogP contribution in [0.4, 0.5) is 30.6 Å². The van der Waals surface area contributed by atoms with Gasteiger partial charge >= 0.3 is 42.2 Å². The number of nitrogens with one attached hydrogen (secondary N) is 6. The van der Waals surface area contributed by atoms with Gasteiger partial charge in [-0.15, -0.1) is 0 Å². The number of alkyl carbamates (subject to hydrolysis) is 2. The molecule has 1 fully saturated rings. The molecule has 0 aromatic heterocycles. The number of ether oxygens (including phenoxy) is 8. The average Bonchev–Trinajstić information content (AvgIpc) is 3.91. The maximum absolute atomic E-state index is 12.1. The van der Waals surface area contributed by atoms with Gasteiger partial charge in [0.15, 0.2) is 5.78 Å². The summed E-state index contributed by atoms with van der Waals surface area (Å²) in [4.78, 5) is 92.9. The van der Waals surface area contributed by atoms with Crippen LogP contribution in [0.1, 0.15) is 79.2 Å². The molecule has 1 unspecified atom stereocenters. The van der Waals surface area contributed by atoms with E-state index in [0.29, 0.717) is 32.5 Å². The lowest BCUT2D eigenvalue weighted by molar-refractivity contribution is 0.0498. The third-order valence-electron chi connectivity index (χ3n) is 10.1. The van der Waals surface area contributed by atoms with Gasteiger partial charge in [0, 0.05) is 49.7 Å². The first-order valence-electron chi connectivity index (χ1n) is 24.4. The highest BCUT2D eigenvalue weighted by atomic mass is 16.6. The fourth-order valence-electron chi connectivity index (χ4n) is 6.29. The van der Waals surface area contributed by atoms with Gasteiger partial charge in [0.2, 0.25) is 0 Å². The Morgan fingerprint density at radius 1 is 0.532 bits per heavy atom. The molecule has 4 aromatic rings. The minimum Gasteiger partial charge on any atom is -0.478 e. The number of Topliss-reactive ketones (excluding diaryl/α,β-unsaturated/α-hetero) is 1. The fraction of sp³-hybridized carbons (Fsp3) is 0.396. The number of amides is 6. The molecular formula is C53H68N6O18. The first-order chi connectivity index (χ1) is 37.1. The molecule has 1 saturated heterocycles. The van der Waals surface area contributed by atoms with E-state index in [0.717, 1.165) is 35.9 Å². The molecule has 24 heteroatoms. The molecule has 1 aliphatic heterocycles. The van der Waals surface area contributed by atoms with Gasteiger partial charge in [0.1, 0.15) is 13.2 Å². The van der Waals surface area contributed by atoms with Crippen molar-refractivity contribution in [3.63, 3.8) is 0 Å². The van der Waals surface area contributed by atoms with Gasteiger partial charge in [-0.05, 0) is 74.2 Å². The van der Waals surface area contributed by atoms with Crippen molar-refractivity contribution in [3.05, 3.63) is 130 Å². The van der Waals surface area contributed by atoms with E-state index < -0.39 is 42.2 Å². The summed E-state index contributed by atoms with van der Waals surface area (Å²) in [7, 11) is 1.23. The monoisotopic (exact) mass is 1080 g/mol. The minimum atomic E-state index is -1.31. The Bertz CT molecular complexity index is 2430. The highest BCUT2D eigenvalue weighted by Crippen LogP contribution is 2.18. The predicted molar refractivity (Wildman–Crippen MR) is 279 cm³/mol. The van der Waals surface area contributed by atoms with Gasteiger partial charge in [0.25, 0.3) is 0 Å². The molecular weight excluding hydrogens is 1010 g/mol. The summed E-state index contributed by atoms with van der Waals surface area (Å²) in [5, 5.41) is 33.3. The molecule has 0 aliphatic carbocycles. The lowest BCUT2D eigenvalue weighted by atomic mass is 10.1. The Balaban J connectivity index is 0.000000364. The Kier molecular flexibility index (Phi) is 30.8. The number of methoxy groups -OCH3 is 1. The second-order valence-electron chi connectivity index (χ2n) is 16.3. The zero-order chi connectivity index (χ0) is 56.0. The third kappa shape index (κ3) is 28.9. The lowest BCUT2D eigenvalue weighted by Crippen LogP contribution is -2.32. The molecule has 77 heavy (non-hydrogen) atoms. The number of anilines is 2. The smallest absolute Gasteiger partial charge is 0.407 e. The summed E-state index contributed by atoms with van der Waals surface area (Å²) in [6.07, 6.45) is 2.02. The van der Waals surface area contributed by atoms with E-state index in [2.05, 4.69) is 43.6 Å². The van der Waals surface area contributed by atoms with Crippen LogP contribution in [0.25, 0.3) is 0 Å². The molecule has 8 N–H and O–H groups in total. The second-order valence-corrected chi connectivity index (χ2v) is 16.3. The molecule has 24 nitrogen and oxygen atoms in total. The number of carbonyl (C=O) groups excluding carboxylic acids is 6. The zero-order valence-corrected chi connectivity index (χ0v) is 43.3. The van der Waals surface area contributed by atoms with Crippen molar-refractivity contribution in [2.75, 3.05) is 103 Å². The predicted octanol–water partition coefficient (Wildman–Crippen LogP) is 6.11. The number of benzene rings is 4. The normalized spacial score (nSPS) is 12.2.